The minimum atomic E-state index is -0.512. The Balaban J connectivity index is 3.72. The summed E-state index contributed by atoms with van der Waals surface area (Å²) in [5.41, 5.74) is 5.04. The van der Waals surface area contributed by atoms with E-state index in [9.17, 15) is 4.79 Å². The van der Waals surface area contributed by atoms with E-state index in [0.717, 1.165) is 0 Å². The topological polar surface area (TPSA) is 79.3 Å². The molecule has 0 heterocycles. The molecule has 0 saturated heterocycles. The summed E-state index contributed by atoms with van der Waals surface area (Å²) >= 11 is 0. The minimum Gasteiger partial charge on any atom is -0.383 e. The van der Waals surface area contributed by atoms with E-state index in [1.54, 1.807) is 7.11 Å². The quantitative estimate of drug-likeness (QED) is 0.628. The van der Waals surface area contributed by atoms with E-state index in [-0.39, 0.29) is 0 Å². The summed E-state index contributed by atoms with van der Waals surface area (Å²) in [5, 5.41) is 8.26. The van der Waals surface area contributed by atoms with Gasteiger partial charge in [0.2, 0.25) is 0 Å². The molecule has 12 heavy (non-hydrogen) atoms. The highest BCUT2D eigenvalue weighted by molar-refractivity contribution is 5.71. The molecule has 0 aliphatic carbocycles. The number of nitriles is 1. The maximum absolute atomic E-state index is 10.7. The van der Waals surface area contributed by atoms with Gasteiger partial charge in [-0.1, -0.05) is 0 Å². The number of rotatable bonds is 5. The summed E-state index contributed by atoms with van der Waals surface area (Å²) in [7, 11) is 1.55. The molecule has 0 aliphatic rings. The number of hydrogen-bond acceptors (Lipinski definition) is 3. The van der Waals surface area contributed by atoms with Gasteiger partial charge < -0.3 is 15.4 Å². The van der Waals surface area contributed by atoms with Gasteiger partial charge in [0, 0.05) is 20.2 Å². The highest BCUT2D eigenvalue weighted by Crippen LogP contribution is 1.90. The van der Waals surface area contributed by atoms with Gasteiger partial charge in [0.15, 0.2) is 0 Å². The lowest BCUT2D eigenvalue weighted by Gasteiger charge is -2.17. The summed E-state index contributed by atoms with van der Waals surface area (Å²) in [6.07, 6.45) is 0.298. The van der Waals surface area contributed by atoms with Gasteiger partial charge in [-0.05, 0) is 0 Å². The number of ether oxygens (including phenoxy) is 1. The van der Waals surface area contributed by atoms with Crippen molar-refractivity contribution in [3.63, 3.8) is 0 Å². The van der Waals surface area contributed by atoms with E-state index in [1.807, 2.05) is 6.07 Å². The molecule has 0 aliphatic heterocycles. The van der Waals surface area contributed by atoms with Gasteiger partial charge in [0.25, 0.3) is 0 Å². The standard InChI is InChI=1S/C7H13N3O2/c1-12-6-5-10(7(9)11)4-2-3-8/h2,4-6H2,1H3,(H2,9,11). The fourth-order valence-electron chi connectivity index (χ4n) is 0.719. The summed E-state index contributed by atoms with van der Waals surface area (Å²) in [6.45, 7) is 1.25. The molecule has 0 aromatic carbocycles. The average molecular weight is 171 g/mol. The molecule has 68 valence electrons. The maximum atomic E-state index is 10.7. The smallest absolute Gasteiger partial charge is 0.314 e. The SMILES string of the molecule is COCCN(CCC#N)C(N)=O. The van der Waals surface area contributed by atoms with Gasteiger partial charge in [0.1, 0.15) is 0 Å². The first kappa shape index (κ1) is 10.7. The van der Waals surface area contributed by atoms with Gasteiger partial charge >= 0.3 is 6.03 Å². The molecule has 2 N–H and O–H groups in total. The lowest BCUT2D eigenvalue weighted by Crippen LogP contribution is -2.38. The van der Waals surface area contributed by atoms with Crippen LogP contribution in [0.4, 0.5) is 4.79 Å². The van der Waals surface area contributed by atoms with Crippen LogP contribution in [0.2, 0.25) is 0 Å². The summed E-state index contributed by atoms with van der Waals surface area (Å²) in [6, 6.07) is 1.43. The third-order valence-corrected chi connectivity index (χ3v) is 1.37. The Morgan fingerprint density at radius 1 is 1.67 bits per heavy atom. The molecule has 0 radical (unpaired) electrons. The molecule has 0 bridgehead atoms. The van der Waals surface area contributed by atoms with Crippen molar-refractivity contribution in [1.29, 1.82) is 5.26 Å². The zero-order valence-electron chi connectivity index (χ0n) is 7.12. The van der Waals surface area contributed by atoms with Crippen LogP contribution in [0.25, 0.3) is 0 Å². The highest BCUT2D eigenvalue weighted by atomic mass is 16.5. The first-order valence-corrected chi connectivity index (χ1v) is 3.62. The van der Waals surface area contributed by atoms with Crippen molar-refractivity contribution >= 4 is 6.03 Å². The molecular formula is C7H13N3O2. The van der Waals surface area contributed by atoms with E-state index in [2.05, 4.69) is 0 Å². The average Bonchev–Trinajstić information content (AvgIpc) is 2.04. The van der Waals surface area contributed by atoms with Crippen LogP contribution in [-0.2, 0) is 4.74 Å². The molecule has 0 fully saturated rings. The normalized spacial score (nSPS) is 9.00. The molecular weight excluding hydrogens is 158 g/mol. The largest absolute Gasteiger partial charge is 0.383 e. The molecule has 0 rings (SSSR count). The van der Waals surface area contributed by atoms with Crippen molar-refractivity contribution in [2.45, 2.75) is 6.42 Å². The lowest BCUT2D eigenvalue weighted by molar-refractivity contribution is 0.154. The lowest BCUT2D eigenvalue weighted by atomic mass is 10.4. The van der Waals surface area contributed by atoms with Gasteiger partial charge in [-0.25, -0.2) is 4.79 Å². The molecule has 0 aromatic heterocycles. The predicted molar refractivity (Wildman–Crippen MR) is 43.3 cm³/mol. The molecule has 0 aromatic rings. The predicted octanol–water partition coefficient (Wildman–Crippen LogP) is -0.0728. The van der Waals surface area contributed by atoms with Crippen molar-refractivity contribution in [3.8, 4) is 6.07 Å². The second-order valence-corrected chi connectivity index (χ2v) is 2.23. The number of amides is 2. The van der Waals surface area contributed by atoms with Crippen LogP contribution in [0.1, 0.15) is 6.42 Å². The molecule has 5 nitrogen and oxygen atoms in total. The fraction of sp³-hybridized carbons (Fsp3) is 0.714. The second kappa shape index (κ2) is 6.43. The van der Waals surface area contributed by atoms with Crippen molar-refractivity contribution < 1.29 is 9.53 Å². The van der Waals surface area contributed by atoms with Crippen molar-refractivity contribution in [2.24, 2.45) is 5.73 Å². The van der Waals surface area contributed by atoms with Crippen molar-refractivity contribution in [2.75, 3.05) is 26.8 Å². The first-order valence-electron chi connectivity index (χ1n) is 3.62. The Hall–Kier alpha value is -1.28. The zero-order valence-corrected chi connectivity index (χ0v) is 7.12. The third kappa shape index (κ3) is 4.52. The number of methoxy groups -OCH3 is 1. The van der Waals surface area contributed by atoms with E-state index < -0.39 is 6.03 Å². The molecule has 0 unspecified atom stereocenters. The number of carbonyl (C=O) groups is 1. The molecule has 5 heteroatoms. The van der Waals surface area contributed by atoms with Crippen LogP contribution in [0.3, 0.4) is 0 Å². The fourth-order valence-corrected chi connectivity index (χ4v) is 0.719. The van der Waals surface area contributed by atoms with Crippen LogP contribution in [0.5, 0.6) is 0 Å². The number of nitrogens with zero attached hydrogens (tertiary/aromatic N) is 2. The molecule has 2 amide bonds. The van der Waals surface area contributed by atoms with Gasteiger partial charge in [0.05, 0.1) is 19.1 Å². The molecule has 0 saturated carbocycles. The van der Waals surface area contributed by atoms with Crippen LogP contribution >= 0.6 is 0 Å². The first-order chi connectivity index (χ1) is 5.72. The highest BCUT2D eigenvalue weighted by Gasteiger charge is 2.07. The third-order valence-electron chi connectivity index (χ3n) is 1.37. The Morgan fingerprint density at radius 2 is 2.33 bits per heavy atom. The molecule has 0 spiro atoms. The van der Waals surface area contributed by atoms with E-state index >= 15 is 0 Å². The van der Waals surface area contributed by atoms with E-state index in [1.165, 1.54) is 4.90 Å². The molecule has 0 atom stereocenters. The minimum absolute atomic E-state index is 0.298. The number of nitrogens with two attached hydrogens (primary N) is 1. The Labute approximate surface area is 71.7 Å². The van der Waals surface area contributed by atoms with Crippen LogP contribution in [0, 0.1) is 11.3 Å². The summed E-state index contributed by atoms with van der Waals surface area (Å²) in [4.78, 5) is 12.1. The van der Waals surface area contributed by atoms with E-state index in [4.69, 9.17) is 15.7 Å². The van der Waals surface area contributed by atoms with Crippen molar-refractivity contribution in [3.05, 3.63) is 0 Å². The Bertz CT molecular complexity index is 176. The Kier molecular flexibility index (Phi) is 5.75. The van der Waals surface area contributed by atoms with Gasteiger partial charge in [-0.3, -0.25) is 0 Å². The second-order valence-electron chi connectivity index (χ2n) is 2.23. The zero-order chi connectivity index (χ0) is 9.40. The van der Waals surface area contributed by atoms with Gasteiger partial charge in [-0.2, -0.15) is 5.26 Å². The van der Waals surface area contributed by atoms with Crippen LogP contribution in [-0.4, -0.2) is 37.7 Å². The van der Waals surface area contributed by atoms with Crippen LogP contribution < -0.4 is 5.73 Å². The van der Waals surface area contributed by atoms with Crippen molar-refractivity contribution in [1.82, 2.24) is 4.90 Å². The maximum Gasteiger partial charge on any atom is 0.314 e. The number of carbonyl (C=O) groups excluding carboxylic acids is 1. The Morgan fingerprint density at radius 3 is 2.75 bits per heavy atom. The summed E-state index contributed by atoms with van der Waals surface area (Å²) in [5.74, 6) is 0. The van der Waals surface area contributed by atoms with E-state index in [0.29, 0.717) is 26.1 Å². The monoisotopic (exact) mass is 171 g/mol. The number of primary amides is 1. The number of urea groups is 1. The van der Waals surface area contributed by atoms with Gasteiger partial charge in [-0.15, -0.1) is 0 Å². The summed E-state index contributed by atoms with van der Waals surface area (Å²) < 4.78 is 4.77. The number of hydrogen-bond donors (Lipinski definition) is 1. The van der Waals surface area contributed by atoms with Crippen LogP contribution in [0.15, 0.2) is 0 Å².